The lowest BCUT2D eigenvalue weighted by Gasteiger charge is -2.41. The van der Waals surface area contributed by atoms with Gasteiger partial charge in [0.1, 0.15) is 5.75 Å². The van der Waals surface area contributed by atoms with Crippen LogP contribution >= 0.6 is 0 Å². The summed E-state index contributed by atoms with van der Waals surface area (Å²) in [6.07, 6.45) is 10.0. The minimum atomic E-state index is -0.460. The fourth-order valence-corrected chi connectivity index (χ4v) is 4.90. The molecule has 0 radical (unpaired) electrons. The molecule has 34 heavy (non-hydrogen) atoms. The van der Waals surface area contributed by atoms with E-state index in [0.717, 1.165) is 49.1 Å². The zero-order valence-electron chi connectivity index (χ0n) is 19.1. The van der Waals surface area contributed by atoms with E-state index in [2.05, 4.69) is 25.9 Å². The van der Waals surface area contributed by atoms with Crippen molar-refractivity contribution in [1.29, 1.82) is 0 Å². The normalized spacial score (nSPS) is 20.9. The first-order valence-corrected chi connectivity index (χ1v) is 11.7. The Morgan fingerprint density at radius 3 is 2.50 bits per heavy atom. The SMILES string of the molecule is COc1ccc(C2(C(=O)N[C@@H]3CC[C@H](NC(=O)c4cn(-c5cccnc5)nn4)C3)CCC2)cc1. The molecule has 2 heterocycles. The highest BCUT2D eigenvalue weighted by Gasteiger charge is 2.46. The van der Waals surface area contributed by atoms with Crippen LogP contribution in [0.1, 0.15) is 54.6 Å². The number of rotatable bonds is 7. The lowest BCUT2D eigenvalue weighted by molar-refractivity contribution is -0.130. The summed E-state index contributed by atoms with van der Waals surface area (Å²) in [6, 6.07) is 11.5. The predicted octanol–water partition coefficient (Wildman–Crippen LogP) is 2.56. The molecule has 176 valence electrons. The molecule has 2 aliphatic rings. The summed E-state index contributed by atoms with van der Waals surface area (Å²) >= 11 is 0. The van der Waals surface area contributed by atoms with E-state index in [9.17, 15) is 9.59 Å². The number of methoxy groups -OCH3 is 1. The van der Waals surface area contributed by atoms with Crippen molar-refractivity contribution in [3.05, 3.63) is 66.2 Å². The summed E-state index contributed by atoms with van der Waals surface area (Å²) < 4.78 is 6.78. The molecule has 2 N–H and O–H groups in total. The summed E-state index contributed by atoms with van der Waals surface area (Å²) in [7, 11) is 1.64. The highest BCUT2D eigenvalue weighted by atomic mass is 16.5. The van der Waals surface area contributed by atoms with Crippen LogP contribution < -0.4 is 15.4 Å². The van der Waals surface area contributed by atoms with Crippen molar-refractivity contribution in [2.75, 3.05) is 7.11 Å². The fraction of sp³-hybridized carbons (Fsp3) is 0.400. The number of carbonyl (C=O) groups is 2. The smallest absolute Gasteiger partial charge is 0.273 e. The Balaban J connectivity index is 1.17. The van der Waals surface area contributed by atoms with Gasteiger partial charge in [-0.25, -0.2) is 4.68 Å². The van der Waals surface area contributed by atoms with Gasteiger partial charge in [0.15, 0.2) is 5.69 Å². The Kier molecular flexibility index (Phi) is 6.00. The van der Waals surface area contributed by atoms with E-state index in [1.54, 1.807) is 31.8 Å². The molecular weight excluding hydrogens is 432 g/mol. The molecule has 2 aliphatic carbocycles. The monoisotopic (exact) mass is 460 g/mol. The Bertz CT molecular complexity index is 1160. The highest BCUT2D eigenvalue weighted by molar-refractivity contribution is 5.92. The molecule has 1 aromatic carbocycles. The summed E-state index contributed by atoms with van der Waals surface area (Å²) in [5.41, 5.74) is 1.57. The van der Waals surface area contributed by atoms with Crippen LogP contribution in [0.5, 0.6) is 5.75 Å². The largest absolute Gasteiger partial charge is 0.497 e. The average Bonchev–Trinajstić information content (AvgIpc) is 3.49. The van der Waals surface area contributed by atoms with Crippen molar-refractivity contribution in [1.82, 2.24) is 30.6 Å². The van der Waals surface area contributed by atoms with Crippen LogP contribution in [0, 0.1) is 0 Å². The van der Waals surface area contributed by atoms with Crippen LogP contribution in [0.2, 0.25) is 0 Å². The van der Waals surface area contributed by atoms with Gasteiger partial charge in [0.2, 0.25) is 5.91 Å². The van der Waals surface area contributed by atoms with Gasteiger partial charge in [0.25, 0.3) is 5.91 Å². The Morgan fingerprint density at radius 2 is 1.85 bits per heavy atom. The number of nitrogens with one attached hydrogen (secondary N) is 2. The molecule has 3 aromatic rings. The molecule has 0 saturated heterocycles. The number of ether oxygens (including phenoxy) is 1. The average molecular weight is 461 g/mol. The first-order valence-electron chi connectivity index (χ1n) is 11.7. The number of carbonyl (C=O) groups excluding carboxylic acids is 2. The molecule has 2 aromatic heterocycles. The molecular formula is C25H28N6O3. The molecule has 5 rings (SSSR count). The molecule has 2 amide bonds. The van der Waals surface area contributed by atoms with Gasteiger partial charge < -0.3 is 15.4 Å². The van der Waals surface area contributed by atoms with E-state index in [1.165, 1.54) is 4.68 Å². The van der Waals surface area contributed by atoms with E-state index in [1.807, 2.05) is 30.3 Å². The standard InChI is InChI=1S/C25H28N6O3/c1-34-21-9-5-17(6-10-21)25(11-3-12-25)24(33)28-19-8-7-18(14-19)27-23(32)22-16-31(30-29-22)20-4-2-13-26-15-20/h2,4-6,9-10,13,15-16,18-19H,3,7-8,11-12,14H2,1H3,(H,27,32)(H,28,33)/t18-,19+/m0/s1. The summed E-state index contributed by atoms with van der Waals surface area (Å²) in [5.74, 6) is 0.606. The zero-order chi connectivity index (χ0) is 23.5. The summed E-state index contributed by atoms with van der Waals surface area (Å²) in [6.45, 7) is 0. The quantitative estimate of drug-likeness (QED) is 0.561. The molecule has 9 nitrogen and oxygen atoms in total. The number of hydrogen-bond acceptors (Lipinski definition) is 6. The molecule has 0 bridgehead atoms. The second-order valence-electron chi connectivity index (χ2n) is 9.08. The Hall–Kier alpha value is -3.75. The van der Waals surface area contributed by atoms with Crippen molar-refractivity contribution in [3.8, 4) is 11.4 Å². The number of hydrogen-bond donors (Lipinski definition) is 2. The first kappa shape index (κ1) is 22.1. The van der Waals surface area contributed by atoms with Gasteiger partial charge in [0.05, 0.1) is 30.6 Å². The van der Waals surface area contributed by atoms with Crippen molar-refractivity contribution >= 4 is 11.8 Å². The summed E-state index contributed by atoms with van der Waals surface area (Å²) in [4.78, 5) is 30.0. The van der Waals surface area contributed by atoms with Crippen LogP contribution in [-0.4, -0.2) is 51.0 Å². The second-order valence-corrected chi connectivity index (χ2v) is 9.08. The van der Waals surface area contributed by atoms with Crippen molar-refractivity contribution in [2.45, 2.75) is 56.0 Å². The van der Waals surface area contributed by atoms with E-state index in [4.69, 9.17) is 4.74 Å². The molecule has 2 saturated carbocycles. The molecule has 2 fully saturated rings. The molecule has 2 atom stereocenters. The topological polar surface area (TPSA) is 111 Å². The van der Waals surface area contributed by atoms with Crippen molar-refractivity contribution in [2.24, 2.45) is 0 Å². The molecule has 0 spiro atoms. The van der Waals surface area contributed by atoms with Crippen molar-refractivity contribution < 1.29 is 14.3 Å². The van der Waals surface area contributed by atoms with Crippen LogP contribution in [0.3, 0.4) is 0 Å². The highest BCUT2D eigenvalue weighted by Crippen LogP contribution is 2.44. The maximum absolute atomic E-state index is 13.3. The van der Waals surface area contributed by atoms with Gasteiger partial charge in [-0.1, -0.05) is 23.8 Å². The number of amides is 2. The first-order chi connectivity index (χ1) is 16.6. The van der Waals surface area contributed by atoms with E-state index >= 15 is 0 Å². The maximum atomic E-state index is 13.3. The maximum Gasteiger partial charge on any atom is 0.273 e. The third kappa shape index (κ3) is 4.25. The number of pyridine rings is 1. The Labute approximate surface area is 197 Å². The van der Waals surface area contributed by atoms with Crippen molar-refractivity contribution in [3.63, 3.8) is 0 Å². The van der Waals surface area contributed by atoms with Gasteiger partial charge in [-0.15, -0.1) is 5.10 Å². The third-order valence-electron chi connectivity index (χ3n) is 7.02. The number of benzene rings is 1. The minimum Gasteiger partial charge on any atom is -0.497 e. The van der Waals surface area contributed by atoms with E-state index in [0.29, 0.717) is 6.42 Å². The number of aromatic nitrogens is 4. The second kappa shape index (κ2) is 9.24. The van der Waals surface area contributed by atoms with Gasteiger partial charge in [-0.2, -0.15) is 0 Å². The van der Waals surface area contributed by atoms with Gasteiger partial charge >= 0.3 is 0 Å². The van der Waals surface area contributed by atoms with E-state index in [-0.39, 0.29) is 29.6 Å². The lowest BCUT2D eigenvalue weighted by Crippen LogP contribution is -2.51. The summed E-state index contributed by atoms with van der Waals surface area (Å²) in [5, 5.41) is 14.3. The van der Waals surface area contributed by atoms with Gasteiger partial charge in [-0.05, 0) is 61.9 Å². The van der Waals surface area contributed by atoms with Gasteiger partial charge in [0, 0.05) is 18.3 Å². The van der Waals surface area contributed by atoms with Gasteiger partial charge in [-0.3, -0.25) is 14.6 Å². The third-order valence-corrected chi connectivity index (χ3v) is 7.02. The predicted molar refractivity (Wildman–Crippen MR) is 125 cm³/mol. The zero-order valence-corrected chi connectivity index (χ0v) is 19.1. The van der Waals surface area contributed by atoms with Crippen LogP contribution in [-0.2, 0) is 10.2 Å². The molecule has 9 heteroatoms. The van der Waals surface area contributed by atoms with Crippen LogP contribution in [0.25, 0.3) is 5.69 Å². The van der Waals surface area contributed by atoms with Crippen LogP contribution in [0.4, 0.5) is 0 Å². The molecule has 0 aliphatic heterocycles. The van der Waals surface area contributed by atoms with Crippen LogP contribution in [0.15, 0.2) is 55.0 Å². The van der Waals surface area contributed by atoms with E-state index < -0.39 is 5.41 Å². The fourth-order valence-electron chi connectivity index (χ4n) is 4.90. The minimum absolute atomic E-state index is 0.0142. The lowest BCUT2D eigenvalue weighted by atomic mass is 9.63. The molecule has 0 unspecified atom stereocenters. The number of nitrogens with zero attached hydrogens (tertiary/aromatic N) is 4. The Morgan fingerprint density at radius 1 is 1.09 bits per heavy atom.